The molecule has 0 heterocycles. The molecule has 0 bridgehead atoms. The van der Waals surface area contributed by atoms with E-state index in [1.165, 1.54) is 19.3 Å². The summed E-state index contributed by atoms with van der Waals surface area (Å²) in [6.45, 7) is 9.70. The third-order valence-corrected chi connectivity index (χ3v) is 2.95. The average Bonchev–Trinajstić information content (AvgIpc) is 2.40. The third kappa shape index (κ3) is 5.41. The van der Waals surface area contributed by atoms with Crippen LogP contribution in [0.25, 0.3) is 0 Å². The fraction of sp³-hybridized carbons (Fsp3) is 0.625. The molecule has 1 atom stereocenters. The Morgan fingerprint density at radius 1 is 1.05 bits per heavy atom. The number of hydrogen-bond acceptors (Lipinski definition) is 3. The lowest BCUT2D eigenvalue weighted by Crippen LogP contribution is -2.14. The normalized spacial score (nSPS) is 12.0. The van der Waals surface area contributed by atoms with E-state index in [-0.39, 0.29) is 0 Å². The lowest BCUT2D eigenvalue weighted by Gasteiger charge is -2.17. The van der Waals surface area contributed by atoms with E-state index >= 15 is 0 Å². The van der Waals surface area contributed by atoms with Gasteiger partial charge in [0.2, 0.25) is 0 Å². The van der Waals surface area contributed by atoms with Crippen molar-refractivity contribution in [3.63, 3.8) is 0 Å². The van der Waals surface area contributed by atoms with Gasteiger partial charge in [0, 0.05) is 17.8 Å². The van der Waals surface area contributed by atoms with Crippen LogP contribution in [-0.2, 0) is 0 Å². The number of nitrogens with one attached hydrogen (secondary N) is 1. The van der Waals surface area contributed by atoms with Crippen LogP contribution in [0.1, 0.15) is 47.0 Å². The molecular formula is C16H27NO2. The van der Waals surface area contributed by atoms with Crippen molar-refractivity contribution < 1.29 is 9.47 Å². The first-order valence-corrected chi connectivity index (χ1v) is 7.37. The highest BCUT2D eigenvalue weighted by atomic mass is 16.5. The Kier molecular flexibility index (Phi) is 7.16. The van der Waals surface area contributed by atoms with Crippen LogP contribution >= 0.6 is 0 Å². The molecule has 0 aliphatic rings. The Morgan fingerprint density at radius 2 is 1.74 bits per heavy atom. The molecule has 0 amide bonds. The predicted molar refractivity (Wildman–Crippen MR) is 81.4 cm³/mol. The molecule has 3 nitrogen and oxygen atoms in total. The topological polar surface area (TPSA) is 30.5 Å². The molecule has 3 heteroatoms. The average molecular weight is 265 g/mol. The van der Waals surface area contributed by atoms with Gasteiger partial charge in [-0.15, -0.1) is 0 Å². The van der Waals surface area contributed by atoms with Gasteiger partial charge in [-0.1, -0.05) is 19.8 Å². The monoisotopic (exact) mass is 265 g/mol. The maximum atomic E-state index is 5.63. The number of anilines is 1. The maximum absolute atomic E-state index is 5.63. The van der Waals surface area contributed by atoms with Gasteiger partial charge in [0.1, 0.15) is 0 Å². The highest BCUT2D eigenvalue weighted by Crippen LogP contribution is 2.31. The van der Waals surface area contributed by atoms with Gasteiger partial charge in [0.15, 0.2) is 11.5 Å². The summed E-state index contributed by atoms with van der Waals surface area (Å²) in [5, 5.41) is 3.51. The smallest absolute Gasteiger partial charge is 0.163 e. The van der Waals surface area contributed by atoms with Gasteiger partial charge in [0.05, 0.1) is 13.2 Å². The van der Waals surface area contributed by atoms with Crippen LogP contribution in [0.2, 0.25) is 0 Å². The van der Waals surface area contributed by atoms with Gasteiger partial charge in [-0.3, -0.25) is 0 Å². The zero-order valence-corrected chi connectivity index (χ0v) is 12.7. The molecule has 0 aliphatic heterocycles. The second-order valence-corrected chi connectivity index (χ2v) is 4.72. The SMILES string of the molecule is CCCCC(C)Nc1ccc(OCC)c(OCC)c1. The molecule has 0 spiro atoms. The first-order valence-electron chi connectivity index (χ1n) is 7.37. The lowest BCUT2D eigenvalue weighted by molar-refractivity contribution is 0.288. The quantitative estimate of drug-likeness (QED) is 0.714. The summed E-state index contributed by atoms with van der Waals surface area (Å²) in [5.74, 6) is 1.63. The van der Waals surface area contributed by atoms with E-state index in [4.69, 9.17) is 9.47 Å². The second kappa shape index (κ2) is 8.68. The van der Waals surface area contributed by atoms with Crippen LogP contribution in [0, 0.1) is 0 Å². The van der Waals surface area contributed by atoms with Crippen LogP contribution in [0.5, 0.6) is 11.5 Å². The summed E-state index contributed by atoms with van der Waals surface area (Å²) < 4.78 is 11.2. The van der Waals surface area contributed by atoms with Crippen molar-refractivity contribution in [2.24, 2.45) is 0 Å². The van der Waals surface area contributed by atoms with Gasteiger partial charge in [0.25, 0.3) is 0 Å². The minimum atomic E-state index is 0.479. The van der Waals surface area contributed by atoms with E-state index in [1.807, 2.05) is 26.0 Å². The molecule has 1 unspecified atom stereocenters. The predicted octanol–water partition coefficient (Wildman–Crippen LogP) is 4.47. The van der Waals surface area contributed by atoms with Crippen molar-refractivity contribution in [1.29, 1.82) is 0 Å². The second-order valence-electron chi connectivity index (χ2n) is 4.72. The molecule has 0 aliphatic carbocycles. The number of ether oxygens (including phenoxy) is 2. The van der Waals surface area contributed by atoms with Gasteiger partial charge in [-0.2, -0.15) is 0 Å². The van der Waals surface area contributed by atoms with E-state index in [0.29, 0.717) is 19.3 Å². The molecule has 0 saturated heterocycles. The fourth-order valence-corrected chi connectivity index (χ4v) is 2.01. The van der Waals surface area contributed by atoms with Crippen molar-refractivity contribution in [2.75, 3.05) is 18.5 Å². The Balaban J connectivity index is 2.71. The molecule has 1 aromatic rings. The van der Waals surface area contributed by atoms with Crippen molar-refractivity contribution in [3.05, 3.63) is 18.2 Å². The van der Waals surface area contributed by atoms with Crippen molar-refractivity contribution >= 4 is 5.69 Å². The number of hydrogen-bond donors (Lipinski definition) is 1. The summed E-state index contributed by atoms with van der Waals surface area (Å²) in [4.78, 5) is 0. The highest BCUT2D eigenvalue weighted by Gasteiger charge is 2.07. The standard InChI is InChI=1S/C16H27NO2/c1-5-8-9-13(4)17-14-10-11-15(18-6-2)16(12-14)19-7-3/h10-13,17H,5-9H2,1-4H3. The van der Waals surface area contributed by atoms with Crippen LogP contribution in [0.15, 0.2) is 18.2 Å². The van der Waals surface area contributed by atoms with Gasteiger partial charge < -0.3 is 14.8 Å². The molecule has 0 fully saturated rings. The summed E-state index contributed by atoms with van der Waals surface area (Å²) >= 11 is 0. The van der Waals surface area contributed by atoms with Crippen LogP contribution in [0.4, 0.5) is 5.69 Å². The zero-order valence-electron chi connectivity index (χ0n) is 12.7. The minimum absolute atomic E-state index is 0.479. The van der Waals surface area contributed by atoms with E-state index in [0.717, 1.165) is 17.2 Å². The van der Waals surface area contributed by atoms with Gasteiger partial charge >= 0.3 is 0 Å². The summed E-state index contributed by atoms with van der Waals surface area (Å²) in [6.07, 6.45) is 3.68. The van der Waals surface area contributed by atoms with E-state index in [9.17, 15) is 0 Å². The minimum Gasteiger partial charge on any atom is -0.490 e. The van der Waals surface area contributed by atoms with Crippen molar-refractivity contribution in [3.8, 4) is 11.5 Å². The van der Waals surface area contributed by atoms with Crippen molar-refractivity contribution in [2.45, 2.75) is 53.0 Å². The van der Waals surface area contributed by atoms with Crippen LogP contribution < -0.4 is 14.8 Å². The first kappa shape index (κ1) is 15.7. The molecule has 108 valence electrons. The highest BCUT2D eigenvalue weighted by molar-refractivity contribution is 5.55. The molecule has 1 rings (SSSR count). The third-order valence-electron chi connectivity index (χ3n) is 2.95. The summed E-state index contributed by atoms with van der Waals surface area (Å²) in [5.41, 5.74) is 1.09. The fourth-order valence-electron chi connectivity index (χ4n) is 2.01. The lowest BCUT2D eigenvalue weighted by atomic mass is 10.1. The van der Waals surface area contributed by atoms with Crippen LogP contribution in [-0.4, -0.2) is 19.3 Å². The summed E-state index contributed by atoms with van der Waals surface area (Å²) in [6, 6.07) is 6.53. The molecule has 1 aromatic carbocycles. The first-order chi connectivity index (χ1) is 9.21. The maximum Gasteiger partial charge on any atom is 0.163 e. The Labute approximate surface area is 117 Å². The largest absolute Gasteiger partial charge is 0.490 e. The van der Waals surface area contributed by atoms with Gasteiger partial charge in [-0.25, -0.2) is 0 Å². The number of rotatable bonds is 9. The molecule has 0 radical (unpaired) electrons. The van der Waals surface area contributed by atoms with Gasteiger partial charge in [-0.05, 0) is 39.3 Å². The van der Waals surface area contributed by atoms with E-state index in [1.54, 1.807) is 0 Å². The zero-order chi connectivity index (χ0) is 14.1. The Bertz CT molecular complexity index is 366. The molecule has 0 aromatic heterocycles. The summed E-state index contributed by atoms with van der Waals surface area (Å²) in [7, 11) is 0. The Hall–Kier alpha value is -1.38. The van der Waals surface area contributed by atoms with E-state index < -0.39 is 0 Å². The van der Waals surface area contributed by atoms with Crippen LogP contribution in [0.3, 0.4) is 0 Å². The Morgan fingerprint density at radius 3 is 2.37 bits per heavy atom. The van der Waals surface area contributed by atoms with Crippen molar-refractivity contribution in [1.82, 2.24) is 0 Å². The molecular weight excluding hydrogens is 238 g/mol. The van der Waals surface area contributed by atoms with E-state index in [2.05, 4.69) is 25.2 Å². The number of unbranched alkanes of at least 4 members (excludes halogenated alkanes) is 1. The molecule has 1 N–H and O–H groups in total. The molecule has 19 heavy (non-hydrogen) atoms. The number of benzene rings is 1. The molecule has 0 saturated carbocycles.